The Hall–Kier alpha value is -4.06. The number of ether oxygens (including phenoxy) is 1. The molecule has 0 aliphatic heterocycles. The lowest BCUT2D eigenvalue weighted by Crippen LogP contribution is -2.28. The smallest absolute Gasteiger partial charge is 0.416 e. The van der Waals surface area contributed by atoms with E-state index in [1.807, 2.05) is 6.07 Å². The number of anilines is 2. The van der Waals surface area contributed by atoms with Crippen molar-refractivity contribution >= 4 is 44.2 Å². The Kier molecular flexibility index (Phi) is 6.87. The summed E-state index contributed by atoms with van der Waals surface area (Å²) >= 11 is 1.28. The van der Waals surface area contributed by atoms with E-state index in [0.717, 1.165) is 16.8 Å². The van der Waals surface area contributed by atoms with Crippen LogP contribution in [0.4, 0.5) is 24.0 Å². The van der Waals surface area contributed by atoms with E-state index in [1.165, 1.54) is 36.7 Å². The summed E-state index contributed by atoms with van der Waals surface area (Å²) in [5, 5.41) is 5.63. The molecular formula is C25H22F3N5O3S. The molecule has 0 radical (unpaired) electrons. The van der Waals surface area contributed by atoms with E-state index in [1.54, 1.807) is 32.9 Å². The molecule has 0 saturated carbocycles. The summed E-state index contributed by atoms with van der Waals surface area (Å²) in [6, 6.07) is 9.75. The van der Waals surface area contributed by atoms with Gasteiger partial charge in [-0.05, 0) is 24.3 Å². The Morgan fingerprint density at radius 3 is 2.43 bits per heavy atom. The largest absolute Gasteiger partial charge is 0.437 e. The fourth-order valence-electron chi connectivity index (χ4n) is 3.22. The van der Waals surface area contributed by atoms with Crippen molar-refractivity contribution in [2.45, 2.75) is 33.9 Å². The normalized spacial score (nSPS) is 11.9. The molecule has 192 valence electrons. The number of hydrogen-bond donors (Lipinski definition) is 2. The maximum atomic E-state index is 13.4. The molecule has 37 heavy (non-hydrogen) atoms. The van der Waals surface area contributed by atoms with Gasteiger partial charge in [0.25, 0.3) is 0 Å². The molecule has 2 aromatic carbocycles. The van der Waals surface area contributed by atoms with Gasteiger partial charge in [0.05, 0.1) is 21.6 Å². The zero-order valence-electron chi connectivity index (χ0n) is 20.2. The van der Waals surface area contributed by atoms with Crippen molar-refractivity contribution in [3.05, 3.63) is 54.4 Å². The Labute approximate surface area is 213 Å². The number of fused-ring (bicyclic) bond motifs is 1. The van der Waals surface area contributed by atoms with E-state index in [0.29, 0.717) is 16.4 Å². The number of halogens is 3. The second kappa shape index (κ2) is 9.77. The van der Waals surface area contributed by atoms with E-state index >= 15 is 0 Å². The Morgan fingerprint density at radius 2 is 1.76 bits per heavy atom. The highest BCUT2D eigenvalue weighted by atomic mass is 32.1. The van der Waals surface area contributed by atoms with Gasteiger partial charge in [0.1, 0.15) is 11.8 Å². The number of rotatable bonds is 5. The standard InChI is InChI=1S/C25H22F3N5O3S/c1-13(34)31-23-33-21-18(6-5-7-19(21)37-23)36-20-11-16(29-12-30-20)15-9-8-14(25(26,27)28)10-17(15)32-22(35)24(2,3)4/h5-12H,1-4H3,(H,32,35)(H,31,33,34). The second-order valence-corrected chi connectivity index (χ2v) is 10.1. The monoisotopic (exact) mass is 529 g/mol. The Morgan fingerprint density at radius 1 is 1.00 bits per heavy atom. The summed E-state index contributed by atoms with van der Waals surface area (Å²) in [4.78, 5) is 36.7. The van der Waals surface area contributed by atoms with E-state index in [4.69, 9.17) is 4.74 Å². The predicted octanol–water partition coefficient (Wildman–Crippen LogP) is 6.51. The number of hydrogen-bond acceptors (Lipinski definition) is 7. The third-order valence-corrected chi connectivity index (χ3v) is 6.01. The number of carbonyl (C=O) groups excluding carboxylic acids is 2. The lowest BCUT2D eigenvalue weighted by Gasteiger charge is -2.20. The number of thiazole rings is 1. The first-order chi connectivity index (χ1) is 17.3. The summed E-state index contributed by atoms with van der Waals surface area (Å²) in [6.07, 6.45) is -3.39. The first kappa shape index (κ1) is 26.0. The fourth-order valence-corrected chi connectivity index (χ4v) is 4.15. The highest BCUT2D eigenvalue weighted by Gasteiger charge is 2.32. The van der Waals surface area contributed by atoms with Crippen LogP contribution < -0.4 is 15.4 Å². The lowest BCUT2D eigenvalue weighted by atomic mass is 9.95. The first-order valence-corrected chi connectivity index (χ1v) is 11.8. The third-order valence-electron chi connectivity index (χ3n) is 5.07. The van der Waals surface area contributed by atoms with Gasteiger partial charge in [-0.25, -0.2) is 15.0 Å². The second-order valence-electron chi connectivity index (χ2n) is 9.11. The average molecular weight is 530 g/mol. The number of aromatic nitrogens is 3. The molecule has 0 atom stereocenters. The number of amides is 2. The molecule has 0 spiro atoms. The molecular weight excluding hydrogens is 507 g/mol. The minimum atomic E-state index is -4.60. The molecule has 12 heteroatoms. The summed E-state index contributed by atoms with van der Waals surface area (Å²) < 4.78 is 46.9. The zero-order chi connectivity index (χ0) is 27.0. The highest BCUT2D eigenvalue weighted by Crippen LogP contribution is 2.38. The van der Waals surface area contributed by atoms with Gasteiger partial charge in [-0.3, -0.25) is 9.59 Å². The summed E-state index contributed by atoms with van der Waals surface area (Å²) in [5.74, 6) is -0.236. The lowest BCUT2D eigenvalue weighted by molar-refractivity contribution is -0.137. The van der Waals surface area contributed by atoms with Crippen molar-refractivity contribution in [1.29, 1.82) is 0 Å². The van der Waals surface area contributed by atoms with Crippen molar-refractivity contribution in [2.75, 3.05) is 10.6 Å². The van der Waals surface area contributed by atoms with Crippen LogP contribution in [-0.2, 0) is 15.8 Å². The molecule has 4 aromatic rings. The van der Waals surface area contributed by atoms with Crippen LogP contribution in [0.3, 0.4) is 0 Å². The van der Waals surface area contributed by atoms with Crippen LogP contribution in [0.5, 0.6) is 11.6 Å². The molecule has 0 fully saturated rings. The SMILES string of the molecule is CC(=O)Nc1nc2c(Oc3cc(-c4ccc(C(F)(F)F)cc4NC(=O)C(C)(C)C)ncn3)cccc2s1. The maximum Gasteiger partial charge on any atom is 0.416 e. The van der Waals surface area contributed by atoms with Gasteiger partial charge < -0.3 is 15.4 Å². The maximum absolute atomic E-state index is 13.4. The summed E-state index contributed by atoms with van der Waals surface area (Å²) in [6.45, 7) is 6.35. The van der Waals surface area contributed by atoms with Crippen LogP contribution in [0.2, 0.25) is 0 Å². The number of nitrogens with one attached hydrogen (secondary N) is 2. The topological polar surface area (TPSA) is 106 Å². The van der Waals surface area contributed by atoms with Gasteiger partial charge >= 0.3 is 6.18 Å². The molecule has 2 heterocycles. The van der Waals surface area contributed by atoms with Gasteiger partial charge in [-0.1, -0.05) is 44.2 Å². The molecule has 0 aliphatic carbocycles. The Balaban J connectivity index is 1.71. The molecule has 4 rings (SSSR count). The number of carbonyl (C=O) groups is 2. The number of benzene rings is 2. The average Bonchev–Trinajstić information content (AvgIpc) is 3.21. The minimum Gasteiger partial charge on any atom is -0.437 e. The van der Waals surface area contributed by atoms with E-state index < -0.39 is 23.1 Å². The van der Waals surface area contributed by atoms with Crippen LogP contribution in [0.25, 0.3) is 21.5 Å². The van der Waals surface area contributed by atoms with Crippen molar-refractivity contribution in [1.82, 2.24) is 15.0 Å². The zero-order valence-corrected chi connectivity index (χ0v) is 21.0. The predicted molar refractivity (Wildman–Crippen MR) is 135 cm³/mol. The first-order valence-electron chi connectivity index (χ1n) is 11.0. The molecule has 8 nitrogen and oxygen atoms in total. The van der Waals surface area contributed by atoms with Crippen LogP contribution >= 0.6 is 11.3 Å². The molecule has 2 amide bonds. The molecule has 0 unspecified atom stereocenters. The molecule has 0 aliphatic rings. The molecule has 0 saturated heterocycles. The van der Waals surface area contributed by atoms with E-state index in [-0.39, 0.29) is 28.7 Å². The van der Waals surface area contributed by atoms with Gasteiger partial charge in [-0.15, -0.1) is 0 Å². The number of nitrogens with zero attached hydrogens (tertiary/aromatic N) is 3. The van der Waals surface area contributed by atoms with Crippen LogP contribution in [0, 0.1) is 5.41 Å². The van der Waals surface area contributed by atoms with Crippen molar-refractivity contribution in [2.24, 2.45) is 5.41 Å². The minimum absolute atomic E-state index is 0.0408. The number of para-hydroxylation sites is 1. The molecule has 0 bridgehead atoms. The van der Waals surface area contributed by atoms with Gasteiger partial charge in [0.15, 0.2) is 10.9 Å². The quantitative estimate of drug-likeness (QED) is 0.305. The van der Waals surface area contributed by atoms with Crippen molar-refractivity contribution in [3.8, 4) is 22.9 Å². The van der Waals surface area contributed by atoms with Crippen molar-refractivity contribution < 1.29 is 27.5 Å². The van der Waals surface area contributed by atoms with Crippen LogP contribution in [0.15, 0.2) is 48.8 Å². The fraction of sp³-hybridized carbons (Fsp3) is 0.240. The van der Waals surface area contributed by atoms with Crippen molar-refractivity contribution in [3.63, 3.8) is 0 Å². The van der Waals surface area contributed by atoms with Gasteiger partial charge in [0.2, 0.25) is 17.7 Å². The third kappa shape index (κ3) is 6.02. The van der Waals surface area contributed by atoms with Crippen LogP contribution in [-0.4, -0.2) is 26.8 Å². The number of alkyl halides is 3. The summed E-state index contributed by atoms with van der Waals surface area (Å²) in [7, 11) is 0. The highest BCUT2D eigenvalue weighted by molar-refractivity contribution is 7.22. The van der Waals surface area contributed by atoms with Gasteiger partial charge in [0, 0.05) is 24.0 Å². The molecule has 2 aromatic heterocycles. The van der Waals surface area contributed by atoms with E-state index in [9.17, 15) is 22.8 Å². The van der Waals surface area contributed by atoms with E-state index in [2.05, 4.69) is 25.6 Å². The Bertz CT molecular complexity index is 1500. The van der Waals surface area contributed by atoms with Crippen LogP contribution in [0.1, 0.15) is 33.3 Å². The van der Waals surface area contributed by atoms with Gasteiger partial charge in [-0.2, -0.15) is 13.2 Å². The molecule has 2 N–H and O–H groups in total. The summed E-state index contributed by atoms with van der Waals surface area (Å²) in [5.41, 5.74) is -0.778.